The van der Waals surface area contributed by atoms with Crippen LogP contribution in [0.25, 0.3) is 11.4 Å². The summed E-state index contributed by atoms with van der Waals surface area (Å²) < 4.78 is 42.3. The van der Waals surface area contributed by atoms with Crippen molar-refractivity contribution in [1.82, 2.24) is 19.2 Å². The highest BCUT2D eigenvalue weighted by molar-refractivity contribution is 7.91. The predicted molar refractivity (Wildman–Crippen MR) is 104 cm³/mol. The van der Waals surface area contributed by atoms with E-state index in [0.29, 0.717) is 35.8 Å². The van der Waals surface area contributed by atoms with Crippen molar-refractivity contribution in [3.05, 3.63) is 34.9 Å². The minimum Gasteiger partial charge on any atom is -0.297 e. The fraction of sp³-hybridized carbons (Fsp3) is 0.556. The molecule has 2 aromatic rings. The van der Waals surface area contributed by atoms with Gasteiger partial charge in [0.2, 0.25) is 0 Å². The fourth-order valence-electron chi connectivity index (χ4n) is 3.71. The Balaban J connectivity index is 1.68. The molecule has 146 valence electrons. The van der Waals surface area contributed by atoms with E-state index in [2.05, 4.69) is 10.00 Å². The topological polar surface area (TPSA) is 60.1 Å². The van der Waals surface area contributed by atoms with Gasteiger partial charge in [0, 0.05) is 12.1 Å². The molecule has 2 heterocycles. The first-order chi connectivity index (χ1) is 12.9. The Morgan fingerprint density at radius 3 is 2.63 bits per heavy atom. The Morgan fingerprint density at radius 1 is 1.30 bits per heavy atom. The van der Waals surface area contributed by atoms with E-state index in [4.69, 9.17) is 12.2 Å². The van der Waals surface area contributed by atoms with E-state index in [1.165, 1.54) is 6.07 Å². The van der Waals surface area contributed by atoms with Crippen LogP contribution in [0.15, 0.2) is 24.3 Å². The molecular formula is C18H23FN4O2S2. The number of hydrogen-bond donors (Lipinski definition) is 0. The molecule has 27 heavy (non-hydrogen) atoms. The molecule has 2 fully saturated rings. The monoisotopic (exact) mass is 410 g/mol. The molecule has 1 saturated carbocycles. The van der Waals surface area contributed by atoms with Gasteiger partial charge in [-0.2, -0.15) is 5.10 Å². The molecule has 1 saturated heterocycles. The third-order valence-electron chi connectivity index (χ3n) is 5.34. The standard InChI is InChI=1S/C18H23FN4O2S2/c1-2-21(14-9-10-27(24,25)11-14)12-22-18(26)23(13-7-8-13)17(20-22)15-5-3-4-6-16(15)19/h3-6,13-14H,2,7-12H2,1H3/t14-/m0/s1. The number of sulfone groups is 1. The quantitative estimate of drug-likeness (QED) is 0.685. The highest BCUT2D eigenvalue weighted by atomic mass is 32.2. The number of nitrogens with zero attached hydrogens (tertiary/aromatic N) is 4. The summed E-state index contributed by atoms with van der Waals surface area (Å²) >= 11 is 5.65. The SMILES string of the molecule is CCN(Cn1nc(-c2ccccc2F)n(C2CC2)c1=S)[C@H]1CCS(=O)(=O)C1. The number of rotatable bonds is 6. The van der Waals surface area contributed by atoms with Crippen LogP contribution < -0.4 is 0 Å². The van der Waals surface area contributed by atoms with Gasteiger partial charge in [0.1, 0.15) is 5.82 Å². The van der Waals surface area contributed by atoms with Gasteiger partial charge in [-0.15, -0.1) is 0 Å². The molecule has 0 amide bonds. The maximum Gasteiger partial charge on any atom is 0.199 e. The van der Waals surface area contributed by atoms with Crippen molar-refractivity contribution in [1.29, 1.82) is 0 Å². The van der Waals surface area contributed by atoms with Gasteiger partial charge < -0.3 is 0 Å². The van der Waals surface area contributed by atoms with E-state index in [9.17, 15) is 12.8 Å². The molecule has 0 unspecified atom stereocenters. The second-order valence-corrected chi connectivity index (χ2v) is 9.88. The molecule has 4 rings (SSSR count). The molecule has 0 spiro atoms. The molecule has 1 aliphatic heterocycles. The van der Waals surface area contributed by atoms with E-state index in [1.54, 1.807) is 22.9 Å². The Labute approximate surface area is 163 Å². The number of halogens is 1. The van der Waals surface area contributed by atoms with Crippen LogP contribution in [-0.4, -0.2) is 51.8 Å². The zero-order valence-corrected chi connectivity index (χ0v) is 16.8. The maximum absolute atomic E-state index is 14.4. The van der Waals surface area contributed by atoms with Crippen molar-refractivity contribution in [3.8, 4) is 11.4 Å². The van der Waals surface area contributed by atoms with Crippen LogP contribution in [0.5, 0.6) is 0 Å². The molecule has 1 atom stereocenters. The Hall–Kier alpha value is -1.58. The first-order valence-corrected chi connectivity index (χ1v) is 11.5. The molecule has 1 aromatic carbocycles. The lowest BCUT2D eigenvalue weighted by molar-refractivity contribution is 0.164. The summed E-state index contributed by atoms with van der Waals surface area (Å²) in [5, 5.41) is 4.64. The minimum absolute atomic E-state index is 0.0233. The average molecular weight is 411 g/mol. The maximum atomic E-state index is 14.4. The summed E-state index contributed by atoms with van der Waals surface area (Å²) in [6.45, 7) is 3.12. The zero-order chi connectivity index (χ0) is 19.2. The van der Waals surface area contributed by atoms with Crippen LogP contribution in [0.4, 0.5) is 4.39 Å². The van der Waals surface area contributed by atoms with Gasteiger partial charge in [0.05, 0.1) is 23.7 Å². The van der Waals surface area contributed by atoms with Crippen LogP contribution >= 0.6 is 12.2 Å². The van der Waals surface area contributed by atoms with Crippen LogP contribution in [0.1, 0.15) is 32.2 Å². The van der Waals surface area contributed by atoms with Crippen molar-refractivity contribution in [2.75, 3.05) is 18.1 Å². The van der Waals surface area contributed by atoms with Crippen molar-refractivity contribution < 1.29 is 12.8 Å². The molecule has 9 heteroatoms. The molecule has 0 bridgehead atoms. The summed E-state index contributed by atoms with van der Waals surface area (Å²) in [6.07, 6.45) is 2.66. The Bertz CT molecular complexity index is 1010. The van der Waals surface area contributed by atoms with Crippen molar-refractivity contribution in [3.63, 3.8) is 0 Å². The predicted octanol–water partition coefficient (Wildman–Crippen LogP) is 3.02. The van der Waals surface area contributed by atoms with E-state index in [1.807, 2.05) is 11.5 Å². The van der Waals surface area contributed by atoms with Gasteiger partial charge in [-0.3, -0.25) is 9.47 Å². The van der Waals surface area contributed by atoms with Crippen LogP contribution in [0, 0.1) is 10.6 Å². The minimum atomic E-state index is -2.96. The van der Waals surface area contributed by atoms with Gasteiger partial charge in [-0.25, -0.2) is 17.5 Å². The number of hydrogen-bond acceptors (Lipinski definition) is 5. The smallest absolute Gasteiger partial charge is 0.199 e. The summed E-state index contributed by atoms with van der Waals surface area (Å²) in [5.41, 5.74) is 0.445. The lowest BCUT2D eigenvalue weighted by Crippen LogP contribution is -2.37. The molecule has 1 aromatic heterocycles. The van der Waals surface area contributed by atoms with E-state index in [-0.39, 0.29) is 29.4 Å². The summed E-state index contributed by atoms with van der Waals surface area (Å²) in [7, 11) is -2.96. The van der Waals surface area contributed by atoms with Crippen molar-refractivity contribution in [2.45, 2.75) is 44.9 Å². The fourth-order valence-corrected chi connectivity index (χ4v) is 5.81. The highest BCUT2D eigenvalue weighted by Crippen LogP contribution is 2.39. The second kappa shape index (κ2) is 7.10. The van der Waals surface area contributed by atoms with E-state index < -0.39 is 9.84 Å². The Kier molecular flexibility index (Phi) is 4.94. The van der Waals surface area contributed by atoms with Gasteiger partial charge in [-0.05, 0) is 50.2 Å². The van der Waals surface area contributed by atoms with Gasteiger partial charge in [0.15, 0.2) is 20.4 Å². The lowest BCUT2D eigenvalue weighted by atomic mass is 10.2. The molecular weight excluding hydrogens is 387 g/mol. The second-order valence-electron chi connectivity index (χ2n) is 7.29. The Morgan fingerprint density at radius 2 is 2.04 bits per heavy atom. The highest BCUT2D eigenvalue weighted by Gasteiger charge is 2.33. The first kappa shape index (κ1) is 18.8. The molecule has 1 aliphatic carbocycles. The lowest BCUT2D eigenvalue weighted by Gasteiger charge is -2.26. The third-order valence-corrected chi connectivity index (χ3v) is 7.50. The molecule has 0 radical (unpaired) electrons. The van der Waals surface area contributed by atoms with Crippen LogP contribution in [0.3, 0.4) is 0 Å². The summed E-state index contributed by atoms with van der Waals surface area (Å²) in [6, 6.07) is 6.84. The normalized spacial score (nSPS) is 21.8. The molecule has 6 nitrogen and oxygen atoms in total. The van der Waals surface area contributed by atoms with E-state index >= 15 is 0 Å². The van der Waals surface area contributed by atoms with Gasteiger partial charge in [0.25, 0.3) is 0 Å². The zero-order valence-electron chi connectivity index (χ0n) is 15.2. The van der Waals surface area contributed by atoms with Gasteiger partial charge in [-0.1, -0.05) is 19.1 Å². The summed E-state index contributed by atoms with van der Waals surface area (Å²) in [5.74, 6) is 0.644. The van der Waals surface area contributed by atoms with Crippen LogP contribution in [-0.2, 0) is 16.5 Å². The average Bonchev–Trinajstić information content (AvgIpc) is 3.33. The van der Waals surface area contributed by atoms with Crippen molar-refractivity contribution >= 4 is 22.1 Å². The third kappa shape index (κ3) is 3.72. The molecule has 0 N–H and O–H groups in total. The number of benzene rings is 1. The van der Waals surface area contributed by atoms with Gasteiger partial charge >= 0.3 is 0 Å². The first-order valence-electron chi connectivity index (χ1n) is 9.28. The summed E-state index contributed by atoms with van der Waals surface area (Å²) in [4.78, 5) is 2.09. The largest absolute Gasteiger partial charge is 0.297 e. The van der Waals surface area contributed by atoms with Crippen LogP contribution in [0.2, 0.25) is 0 Å². The van der Waals surface area contributed by atoms with Crippen molar-refractivity contribution in [2.24, 2.45) is 0 Å². The van der Waals surface area contributed by atoms with E-state index in [0.717, 1.165) is 12.8 Å². The number of aromatic nitrogens is 3. The molecule has 2 aliphatic rings.